The monoisotopic (exact) mass is 905 g/mol. The van der Waals surface area contributed by atoms with E-state index in [1.54, 1.807) is 0 Å². The Morgan fingerprint density at radius 3 is 1.13 bits per heavy atom. The maximum Gasteiger partial charge on any atom is 0.137 e. The zero-order valence-corrected chi connectivity index (χ0v) is 38.6. The number of para-hydroxylation sites is 2. The summed E-state index contributed by atoms with van der Waals surface area (Å²) in [5.74, 6) is 0. The Kier molecular flexibility index (Phi) is 8.49. The van der Waals surface area contributed by atoms with Gasteiger partial charge in [-0.2, -0.15) is 0 Å². The average molecular weight is 906 g/mol. The predicted octanol–water partition coefficient (Wildman–Crippen LogP) is 17.7. The number of nitrogens with zero attached hydrogens (tertiary/aromatic N) is 1. The van der Waals surface area contributed by atoms with Crippen molar-refractivity contribution >= 4 is 60.9 Å². The number of fused-ring (bicyclic) bond motifs is 12. The molecule has 0 aliphatic heterocycles. The van der Waals surface area contributed by atoms with Crippen molar-refractivity contribution in [1.82, 2.24) is 0 Å². The fourth-order valence-electron chi connectivity index (χ4n) is 12.7. The van der Waals surface area contributed by atoms with E-state index in [4.69, 9.17) is 8.83 Å². The van der Waals surface area contributed by atoms with Crippen molar-refractivity contribution in [3.05, 3.63) is 305 Å². The third-order valence-electron chi connectivity index (χ3n) is 15.6. The van der Waals surface area contributed by atoms with E-state index in [0.29, 0.717) is 0 Å². The topological polar surface area (TPSA) is 29.5 Å². The zero-order valence-electron chi connectivity index (χ0n) is 38.6. The van der Waals surface area contributed by atoms with Gasteiger partial charge in [0.05, 0.1) is 10.8 Å². The molecule has 0 saturated carbocycles. The number of hydrogen-bond acceptors (Lipinski definition) is 3. The number of benzene rings is 11. The molecule has 0 unspecified atom stereocenters. The van der Waals surface area contributed by atoms with Crippen LogP contribution in [-0.4, -0.2) is 0 Å². The van der Waals surface area contributed by atoms with Gasteiger partial charge in [-0.25, -0.2) is 0 Å². The van der Waals surface area contributed by atoms with E-state index >= 15 is 0 Å². The molecule has 0 amide bonds. The molecule has 71 heavy (non-hydrogen) atoms. The molecule has 3 nitrogen and oxygen atoms in total. The van der Waals surface area contributed by atoms with Crippen LogP contribution in [0.2, 0.25) is 0 Å². The van der Waals surface area contributed by atoms with E-state index in [-0.39, 0.29) is 0 Å². The molecule has 2 heterocycles. The first-order valence-electron chi connectivity index (χ1n) is 24.5. The van der Waals surface area contributed by atoms with E-state index in [1.807, 2.05) is 24.3 Å². The summed E-state index contributed by atoms with van der Waals surface area (Å²) in [6.07, 6.45) is 0. The van der Waals surface area contributed by atoms with Gasteiger partial charge in [-0.1, -0.05) is 200 Å². The van der Waals surface area contributed by atoms with Crippen LogP contribution in [0.3, 0.4) is 0 Å². The molecule has 13 aromatic rings. The minimum absolute atomic E-state index is 0.566. The molecule has 332 valence electrons. The minimum Gasteiger partial charge on any atom is -0.456 e. The van der Waals surface area contributed by atoms with Crippen molar-refractivity contribution < 1.29 is 8.83 Å². The molecule has 0 fully saturated rings. The molecular formula is C68H43NO2. The number of furan rings is 2. The lowest BCUT2D eigenvalue weighted by molar-refractivity contribution is 0.669. The fourth-order valence-corrected chi connectivity index (χ4v) is 12.7. The lowest BCUT2D eigenvalue weighted by Crippen LogP contribution is -2.31. The molecule has 2 aromatic heterocycles. The maximum absolute atomic E-state index is 6.58. The Morgan fingerprint density at radius 2 is 0.606 bits per heavy atom. The Hall–Kier alpha value is -9.18. The van der Waals surface area contributed by atoms with Crippen molar-refractivity contribution in [1.29, 1.82) is 0 Å². The highest BCUT2D eigenvalue weighted by atomic mass is 16.3. The highest BCUT2D eigenvalue weighted by Gasteiger charge is 2.50. The smallest absolute Gasteiger partial charge is 0.137 e. The standard InChI is InChI=1S/C68H43NO2/c1-4-18-44(19-5-1)67(45-20-6-2-7-21-45)61-40-47(68(46-22-8-3-9-23-46)59-28-14-10-24-51(59)52-25-11-15-29-60(52)68)32-36-53(61)54-37-33-48(41-62(54)67)69(49-34-38-57-55-26-12-16-30-63(55)70-65(57)42-49)50-35-39-58-56-27-13-17-31-64(56)71-66(58)43-50/h1-43H. The molecule has 0 radical (unpaired) electrons. The minimum atomic E-state index is -0.703. The van der Waals surface area contributed by atoms with Crippen molar-refractivity contribution in [2.75, 3.05) is 4.90 Å². The van der Waals surface area contributed by atoms with Gasteiger partial charge in [-0.3, -0.25) is 0 Å². The van der Waals surface area contributed by atoms with E-state index in [0.717, 1.165) is 60.9 Å². The Bertz CT molecular complexity index is 4040. The van der Waals surface area contributed by atoms with Crippen LogP contribution in [-0.2, 0) is 10.8 Å². The molecule has 11 aromatic carbocycles. The van der Waals surface area contributed by atoms with Gasteiger partial charge in [0.25, 0.3) is 0 Å². The molecule has 0 spiro atoms. The maximum atomic E-state index is 6.58. The summed E-state index contributed by atoms with van der Waals surface area (Å²) in [6, 6.07) is 95.8. The van der Waals surface area contributed by atoms with E-state index in [9.17, 15) is 0 Å². The SMILES string of the molecule is c1ccc(C2(c3ccc4c(c3)C(c3ccccc3)(c3ccccc3)c3cc(N(c5ccc6c(c5)oc5ccccc56)c5ccc6c(c5)oc5ccccc56)ccc3-4)c3ccccc3-c3ccccc32)cc1. The van der Waals surface area contributed by atoms with Gasteiger partial charge in [0, 0.05) is 50.7 Å². The predicted molar refractivity (Wildman–Crippen MR) is 290 cm³/mol. The summed E-state index contributed by atoms with van der Waals surface area (Å²) in [7, 11) is 0. The molecule has 0 saturated heterocycles. The molecule has 0 atom stereocenters. The third-order valence-corrected chi connectivity index (χ3v) is 15.6. The molecular weight excluding hydrogens is 863 g/mol. The molecule has 3 heteroatoms. The van der Waals surface area contributed by atoms with Crippen LogP contribution < -0.4 is 4.90 Å². The van der Waals surface area contributed by atoms with Gasteiger partial charge in [-0.05, 0) is 115 Å². The van der Waals surface area contributed by atoms with Gasteiger partial charge in [0.1, 0.15) is 22.3 Å². The zero-order chi connectivity index (χ0) is 46.7. The summed E-state index contributed by atoms with van der Waals surface area (Å²) in [4.78, 5) is 2.37. The van der Waals surface area contributed by atoms with Crippen LogP contribution in [0.5, 0.6) is 0 Å². The Labute approximate surface area is 411 Å². The molecule has 2 aliphatic carbocycles. The van der Waals surface area contributed by atoms with Crippen LogP contribution in [0.15, 0.2) is 270 Å². The summed E-state index contributed by atoms with van der Waals surface area (Å²) in [5.41, 5.74) is 20.1. The van der Waals surface area contributed by atoms with Gasteiger partial charge in [-0.15, -0.1) is 0 Å². The first-order chi connectivity index (χ1) is 35.2. The molecule has 2 aliphatic rings. The first kappa shape index (κ1) is 39.8. The van der Waals surface area contributed by atoms with E-state index in [1.165, 1.54) is 66.8 Å². The third kappa shape index (κ3) is 5.54. The van der Waals surface area contributed by atoms with Gasteiger partial charge in [0.2, 0.25) is 0 Å². The second kappa shape index (κ2) is 15.2. The highest BCUT2D eigenvalue weighted by molar-refractivity contribution is 6.08. The Morgan fingerprint density at radius 1 is 0.239 bits per heavy atom. The van der Waals surface area contributed by atoms with Crippen molar-refractivity contribution in [2.45, 2.75) is 10.8 Å². The molecule has 15 rings (SSSR count). The van der Waals surface area contributed by atoms with Crippen LogP contribution in [0, 0.1) is 0 Å². The second-order valence-electron chi connectivity index (χ2n) is 19.1. The second-order valence-corrected chi connectivity index (χ2v) is 19.1. The van der Waals surface area contributed by atoms with Crippen LogP contribution in [0.4, 0.5) is 17.1 Å². The van der Waals surface area contributed by atoms with Crippen LogP contribution in [0.25, 0.3) is 66.1 Å². The van der Waals surface area contributed by atoms with E-state index in [2.05, 4.69) is 241 Å². The summed E-state index contributed by atoms with van der Waals surface area (Å²) >= 11 is 0. The summed E-state index contributed by atoms with van der Waals surface area (Å²) in [6.45, 7) is 0. The highest BCUT2D eigenvalue weighted by Crippen LogP contribution is 2.61. The molecule has 0 bridgehead atoms. The van der Waals surface area contributed by atoms with Crippen molar-refractivity contribution in [3.8, 4) is 22.3 Å². The summed E-state index contributed by atoms with van der Waals surface area (Å²) < 4.78 is 13.2. The van der Waals surface area contributed by atoms with Gasteiger partial charge in [0.15, 0.2) is 0 Å². The normalized spacial score (nSPS) is 13.9. The lowest BCUT2D eigenvalue weighted by atomic mass is 9.64. The average Bonchev–Trinajstić information content (AvgIpc) is 4.17. The quantitative estimate of drug-likeness (QED) is 0.160. The largest absolute Gasteiger partial charge is 0.456 e. The van der Waals surface area contributed by atoms with E-state index < -0.39 is 10.8 Å². The number of anilines is 3. The van der Waals surface area contributed by atoms with Crippen molar-refractivity contribution in [3.63, 3.8) is 0 Å². The molecule has 0 N–H and O–H groups in total. The first-order valence-corrected chi connectivity index (χ1v) is 24.5. The fraction of sp³-hybridized carbons (Fsp3) is 0.0294. The van der Waals surface area contributed by atoms with Gasteiger partial charge < -0.3 is 13.7 Å². The van der Waals surface area contributed by atoms with Crippen LogP contribution in [0.1, 0.15) is 44.5 Å². The van der Waals surface area contributed by atoms with Gasteiger partial charge >= 0.3 is 0 Å². The van der Waals surface area contributed by atoms with Crippen LogP contribution >= 0.6 is 0 Å². The number of rotatable bonds is 7. The Balaban J connectivity index is 1.01. The lowest BCUT2D eigenvalue weighted by Gasteiger charge is -2.37. The number of hydrogen-bond donors (Lipinski definition) is 0. The van der Waals surface area contributed by atoms with Crippen molar-refractivity contribution in [2.24, 2.45) is 0 Å². The summed E-state index contributed by atoms with van der Waals surface area (Å²) in [5, 5.41) is 4.39.